The second kappa shape index (κ2) is 14.1. The Hall–Kier alpha value is -3.97. The number of ether oxygens (including phenoxy) is 2. The first-order valence-corrected chi connectivity index (χ1v) is 9.35. The van der Waals surface area contributed by atoms with Crippen LogP contribution >= 0.6 is 0 Å². The highest BCUT2D eigenvalue weighted by atomic mass is 16.5. The van der Waals surface area contributed by atoms with Gasteiger partial charge in [0.15, 0.2) is 0 Å². The third-order valence-electron chi connectivity index (χ3n) is 3.33. The van der Waals surface area contributed by atoms with Gasteiger partial charge in [0.05, 0.1) is 13.2 Å². The van der Waals surface area contributed by atoms with Crippen molar-refractivity contribution >= 4 is 35.9 Å². The number of nitrogens with zero attached hydrogens (tertiary/aromatic N) is 2. The molecule has 5 amide bonds. The molecule has 0 spiro atoms. The summed E-state index contributed by atoms with van der Waals surface area (Å²) in [6.07, 6.45) is 2.68. The molecule has 31 heavy (non-hydrogen) atoms. The lowest BCUT2D eigenvalue weighted by Gasteiger charge is -2.17. The topological polar surface area (TPSA) is 190 Å². The Morgan fingerprint density at radius 2 is 1.65 bits per heavy atom. The fraction of sp³-hybridized carbons (Fsp3) is 0.471. The average Bonchev–Trinajstić information content (AvgIpc) is 2.74. The normalized spacial score (nSPS) is 10.8. The monoisotopic (exact) mass is 439 g/mol. The molecule has 0 fully saturated rings. The molecule has 1 unspecified atom stereocenters. The van der Waals surface area contributed by atoms with Crippen molar-refractivity contribution in [3.63, 3.8) is 0 Å². The van der Waals surface area contributed by atoms with Crippen LogP contribution in [0.25, 0.3) is 0 Å². The number of hydrogen-bond donors (Lipinski definition) is 5. The molecule has 0 saturated heterocycles. The molecule has 0 bridgehead atoms. The number of nitrogens with one attached hydrogen (secondary N) is 5. The molecule has 0 aliphatic heterocycles. The van der Waals surface area contributed by atoms with Gasteiger partial charge in [0.25, 0.3) is 5.91 Å². The molecule has 5 N–H and O–H groups in total. The lowest BCUT2D eigenvalue weighted by Crippen LogP contribution is -2.53. The van der Waals surface area contributed by atoms with E-state index in [4.69, 9.17) is 9.47 Å². The Balaban J connectivity index is 2.39. The third-order valence-corrected chi connectivity index (χ3v) is 3.33. The Kier molecular flexibility index (Phi) is 11.4. The van der Waals surface area contributed by atoms with Crippen molar-refractivity contribution in [2.45, 2.75) is 32.7 Å². The molecule has 0 aromatic carbocycles. The van der Waals surface area contributed by atoms with Crippen LogP contribution in [0.5, 0.6) is 0 Å². The highest BCUT2D eigenvalue weighted by Crippen LogP contribution is 2.02. The summed E-state index contributed by atoms with van der Waals surface area (Å²) in [6.45, 7) is 3.03. The minimum atomic E-state index is -1.13. The van der Waals surface area contributed by atoms with E-state index >= 15 is 0 Å². The van der Waals surface area contributed by atoms with Crippen LogP contribution in [0.15, 0.2) is 18.5 Å². The predicted octanol–water partition coefficient (Wildman–Crippen LogP) is -0.796. The zero-order valence-electron chi connectivity index (χ0n) is 17.1. The fourth-order valence-corrected chi connectivity index (χ4v) is 2.02. The molecular weight excluding hydrogens is 414 g/mol. The number of aromatic nitrogens is 2. The first kappa shape index (κ1) is 25.1. The number of urea groups is 2. The van der Waals surface area contributed by atoms with Crippen LogP contribution in [0.2, 0.25) is 0 Å². The van der Waals surface area contributed by atoms with Gasteiger partial charge in [-0.1, -0.05) is 0 Å². The Bertz CT molecular complexity index is 760. The summed E-state index contributed by atoms with van der Waals surface area (Å²) in [5.74, 6) is -1.98. The first-order valence-electron chi connectivity index (χ1n) is 9.35. The SMILES string of the molecule is CCOC(=O)CCC(NC(=O)NNC(=O)CNC(=O)Nc1ncccn1)C(=O)OCC. The largest absolute Gasteiger partial charge is 0.466 e. The molecular formula is C17H25N7O7. The first-order chi connectivity index (χ1) is 14.8. The maximum absolute atomic E-state index is 11.9. The number of hydrazine groups is 1. The van der Waals surface area contributed by atoms with E-state index in [0.717, 1.165) is 0 Å². The molecule has 0 aliphatic carbocycles. The van der Waals surface area contributed by atoms with Crippen molar-refractivity contribution in [3.8, 4) is 0 Å². The van der Waals surface area contributed by atoms with Crippen LogP contribution in [-0.4, -0.2) is 65.7 Å². The lowest BCUT2D eigenvalue weighted by molar-refractivity contribution is -0.146. The molecule has 1 rings (SSSR count). The van der Waals surface area contributed by atoms with Gasteiger partial charge in [-0.25, -0.2) is 29.8 Å². The summed E-state index contributed by atoms with van der Waals surface area (Å²) in [5, 5.41) is 6.83. The highest BCUT2D eigenvalue weighted by molar-refractivity contribution is 5.91. The van der Waals surface area contributed by atoms with Crippen molar-refractivity contribution in [2.24, 2.45) is 0 Å². The van der Waals surface area contributed by atoms with Gasteiger partial charge in [0.1, 0.15) is 12.6 Å². The molecule has 14 nitrogen and oxygen atoms in total. The van der Waals surface area contributed by atoms with Gasteiger partial charge >= 0.3 is 24.0 Å². The third kappa shape index (κ3) is 11.0. The number of esters is 2. The molecule has 1 aromatic rings. The summed E-state index contributed by atoms with van der Waals surface area (Å²) in [7, 11) is 0. The van der Waals surface area contributed by atoms with Crippen molar-refractivity contribution < 1.29 is 33.4 Å². The molecule has 0 saturated carbocycles. The zero-order valence-corrected chi connectivity index (χ0v) is 17.1. The van der Waals surface area contributed by atoms with Gasteiger partial charge in [-0.3, -0.25) is 20.3 Å². The van der Waals surface area contributed by atoms with Gasteiger partial charge in [-0.05, 0) is 26.3 Å². The highest BCUT2D eigenvalue weighted by Gasteiger charge is 2.23. The minimum Gasteiger partial charge on any atom is -0.466 e. The van der Waals surface area contributed by atoms with Crippen LogP contribution in [-0.2, 0) is 23.9 Å². The minimum absolute atomic E-state index is 0.0470. The molecule has 1 atom stereocenters. The number of amides is 5. The smallest absolute Gasteiger partial charge is 0.334 e. The van der Waals surface area contributed by atoms with E-state index in [0.29, 0.717) is 0 Å². The number of carbonyl (C=O) groups is 5. The predicted molar refractivity (Wildman–Crippen MR) is 105 cm³/mol. The Labute approximate surface area is 177 Å². The number of rotatable bonds is 10. The van der Waals surface area contributed by atoms with Crippen molar-refractivity contribution in [1.82, 2.24) is 31.5 Å². The molecule has 170 valence electrons. The second-order valence-corrected chi connectivity index (χ2v) is 5.68. The summed E-state index contributed by atoms with van der Waals surface area (Å²) < 4.78 is 9.63. The second-order valence-electron chi connectivity index (χ2n) is 5.68. The van der Waals surface area contributed by atoms with Crippen LogP contribution in [0.4, 0.5) is 15.5 Å². The molecule has 0 radical (unpaired) electrons. The van der Waals surface area contributed by atoms with Crippen molar-refractivity contribution in [3.05, 3.63) is 18.5 Å². The van der Waals surface area contributed by atoms with Gasteiger partial charge in [-0.2, -0.15) is 0 Å². The standard InChI is InChI=1S/C17H25N7O7/c1-3-30-13(26)7-6-11(14(27)31-4-2)21-17(29)24-23-12(25)10-20-16(28)22-15-18-8-5-9-19-15/h5,8-9,11H,3-4,6-7,10H2,1-2H3,(H,23,25)(H2,21,24,29)(H2,18,19,20,22,28). The van der Waals surface area contributed by atoms with E-state index in [1.54, 1.807) is 19.9 Å². The van der Waals surface area contributed by atoms with Gasteiger partial charge < -0.3 is 20.1 Å². The van der Waals surface area contributed by atoms with E-state index in [9.17, 15) is 24.0 Å². The van der Waals surface area contributed by atoms with E-state index in [1.165, 1.54) is 12.4 Å². The van der Waals surface area contributed by atoms with Crippen LogP contribution in [0.3, 0.4) is 0 Å². The molecule has 1 aromatic heterocycles. The molecule has 1 heterocycles. The van der Waals surface area contributed by atoms with E-state index in [-0.39, 0.29) is 32.0 Å². The van der Waals surface area contributed by atoms with Gasteiger partial charge in [0.2, 0.25) is 5.95 Å². The van der Waals surface area contributed by atoms with Crippen LogP contribution in [0, 0.1) is 0 Å². The average molecular weight is 439 g/mol. The number of anilines is 1. The summed E-state index contributed by atoms with van der Waals surface area (Å²) in [6, 6.07) is -1.21. The van der Waals surface area contributed by atoms with E-state index in [1.807, 2.05) is 10.9 Å². The van der Waals surface area contributed by atoms with Crippen molar-refractivity contribution in [2.75, 3.05) is 25.1 Å². The molecule has 0 aliphatic rings. The van der Waals surface area contributed by atoms with Gasteiger partial charge in [-0.15, -0.1) is 0 Å². The van der Waals surface area contributed by atoms with E-state index in [2.05, 4.69) is 25.9 Å². The molecule has 14 heteroatoms. The summed E-state index contributed by atoms with van der Waals surface area (Å²) in [4.78, 5) is 66.3. The van der Waals surface area contributed by atoms with Crippen molar-refractivity contribution in [1.29, 1.82) is 0 Å². The quantitative estimate of drug-likeness (QED) is 0.229. The number of hydrogen-bond acceptors (Lipinski definition) is 9. The van der Waals surface area contributed by atoms with Crippen LogP contribution < -0.4 is 26.8 Å². The zero-order chi connectivity index (χ0) is 23.1. The summed E-state index contributed by atoms with van der Waals surface area (Å²) >= 11 is 0. The van der Waals surface area contributed by atoms with E-state index < -0.39 is 42.5 Å². The Morgan fingerprint density at radius 3 is 2.29 bits per heavy atom. The number of carbonyl (C=O) groups excluding carboxylic acids is 5. The maximum atomic E-state index is 11.9. The summed E-state index contributed by atoms with van der Waals surface area (Å²) in [5.41, 5.74) is 4.07. The lowest BCUT2D eigenvalue weighted by atomic mass is 10.1. The maximum Gasteiger partial charge on any atom is 0.334 e. The Morgan fingerprint density at radius 1 is 0.968 bits per heavy atom. The fourth-order valence-electron chi connectivity index (χ4n) is 2.02. The van der Waals surface area contributed by atoms with Gasteiger partial charge in [0, 0.05) is 18.8 Å². The van der Waals surface area contributed by atoms with Crippen LogP contribution in [0.1, 0.15) is 26.7 Å².